The van der Waals surface area contributed by atoms with Gasteiger partial charge in [0, 0.05) is 38.2 Å². The molecule has 0 amide bonds. The van der Waals surface area contributed by atoms with Crippen LogP contribution in [0.25, 0.3) is 5.65 Å². The van der Waals surface area contributed by atoms with Gasteiger partial charge in [0.05, 0.1) is 5.69 Å². The molecule has 1 saturated heterocycles. The van der Waals surface area contributed by atoms with Crippen LogP contribution in [0.2, 0.25) is 0 Å². The molecular weight excluding hydrogens is 370 g/mol. The SMILES string of the molecule is O=S(=O)(Cc1ccon1)N1CCN(c2ccc3nnc(C4CC4)n3n2)CC1. The van der Waals surface area contributed by atoms with Crippen LogP contribution in [-0.4, -0.2) is 63.9 Å². The minimum atomic E-state index is -3.41. The molecule has 2 aliphatic rings. The van der Waals surface area contributed by atoms with Crippen molar-refractivity contribution in [3.8, 4) is 0 Å². The Kier molecular flexibility index (Phi) is 3.86. The van der Waals surface area contributed by atoms with E-state index >= 15 is 0 Å². The third kappa shape index (κ3) is 3.16. The van der Waals surface area contributed by atoms with Crippen molar-refractivity contribution in [1.82, 2.24) is 29.3 Å². The van der Waals surface area contributed by atoms with E-state index in [1.54, 1.807) is 6.07 Å². The second-order valence-electron chi connectivity index (χ2n) is 6.93. The van der Waals surface area contributed by atoms with Crippen LogP contribution in [0.1, 0.15) is 30.3 Å². The lowest BCUT2D eigenvalue weighted by molar-refractivity contribution is 0.380. The van der Waals surface area contributed by atoms with Crippen LogP contribution in [0.4, 0.5) is 5.82 Å². The molecule has 1 aliphatic heterocycles. The van der Waals surface area contributed by atoms with Crippen molar-refractivity contribution >= 4 is 21.5 Å². The van der Waals surface area contributed by atoms with Crippen molar-refractivity contribution < 1.29 is 12.9 Å². The number of hydrogen-bond donors (Lipinski definition) is 0. The average molecular weight is 389 g/mol. The summed E-state index contributed by atoms with van der Waals surface area (Å²) in [6, 6.07) is 5.40. The zero-order valence-corrected chi connectivity index (χ0v) is 15.4. The van der Waals surface area contributed by atoms with E-state index in [0.29, 0.717) is 37.8 Å². The van der Waals surface area contributed by atoms with Crippen LogP contribution < -0.4 is 4.90 Å². The molecule has 0 N–H and O–H groups in total. The Morgan fingerprint density at radius 1 is 1.07 bits per heavy atom. The molecule has 0 radical (unpaired) electrons. The maximum Gasteiger partial charge on any atom is 0.220 e. The molecule has 11 heteroatoms. The fourth-order valence-electron chi connectivity index (χ4n) is 3.35. The number of sulfonamides is 1. The summed E-state index contributed by atoms with van der Waals surface area (Å²) in [5, 5.41) is 16.8. The van der Waals surface area contributed by atoms with Crippen LogP contribution >= 0.6 is 0 Å². The fraction of sp³-hybridized carbons (Fsp3) is 0.500. The van der Waals surface area contributed by atoms with Crippen molar-refractivity contribution in [2.24, 2.45) is 0 Å². The van der Waals surface area contributed by atoms with E-state index in [4.69, 9.17) is 9.62 Å². The number of piperazine rings is 1. The third-order valence-corrected chi connectivity index (χ3v) is 6.81. The van der Waals surface area contributed by atoms with Gasteiger partial charge in [-0.2, -0.15) is 8.82 Å². The van der Waals surface area contributed by atoms with Crippen molar-refractivity contribution in [2.75, 3.05) is 31.1 Å². The summed E-state index contributed by atoms with van der Waals surface area (Å²) in [5.74, 6) is 2.05. The van der Waals surface area contributed by atoms with E-state index in [1.807, 2.05) is 16.6 Å². The highest BCUT2D eigenvalue weighted by Crippen LogP contribution is 2.38. The Bertz CT molecular complexity index is 1050. The van der Waals surface area contributed by atoms with Crippen LogP contribution in [0, 0.1) is 0 Å². The number of aromatic nitrogens is 5. The molecule has 4 heterocycles. The smallest absolute Gasteiger partial charge is 0.220 e. The summed E-state index contributed by atoms with van der Waals surface area (Å²) in [4.78, 5) is 2.10. The highest BCUT2D eigenvalue weighted by molar-refractivity contribution is 7.88. The second kappa shape index (κ2) is 6.27. The van der Waals surface area contributed by atoms with Gasteiger partial charge in [0.2, 0.25) is 10.0 Å². The van der Waals surface area contributed by atoms with E-state index in [0.717, 1.165) is 30.1 Å². The lowest BCUT2D eigenvalue weighted by Gasteiger charge is -2.34. The van der Waals surface area contributed by atoms with E-state index in [1.165, 1.54) is 10.6 Å². The Labute approximate surface area is 155 Å². The number of anilines is 1. The van der Waals surface area contributed by atoms with Gasteiger partial charge in [-0.15, -0.1) is 15.3 Å². The van der Waals surface area contributed by atoms with Crippen molar-refractivity contribution in [2.45, 2.75) is 24.5 Å². The van der Waals surface area contributed by atoms with Gasteiger partial charge >= 0.3 is 0 Å². The molecule has 27 heavy (non-hydrogen) atoms. The summed E-state index contributed by atoms with van der Waals surface area (Å²) in [7, 11) is -3.41. The predicted molar refractivity (Wildman–Crippen MR) is 95.7 cm³/mol. The van der Waals surface area contributed by atoms with E-state index in [2.05, 4.69) is 20.3 Å². The second-order valence-corrected chi connectivity index (χ2v) is 8.90. The number of hydrogen-bond acceptors (Lipinski definition) is 8. The lowest BCUT2D eigenvalue weighted by Crippen LogP contribution is -2.49. The van der Waals surface area contributed by atoms with Gasteiger partial charge in [-0.3, -0.25) is 0 Å². The van der Waals surface area contributed by atoms with Crippen LogP contribution in [-0.2, 0) is 15.8 Å². The quantitative estimate of drug-likeness (QED) is 0.625. The molecule has 0 atom stereocenters. The monoisotopic (exact) mass is 389 g/mol. The van der Waals surface area contributed by atoms with Crippen molar-refractivity contribution in [3.05, 3.63) is 36.0 Å². The zero-order chi connectivity index (χ0) is 18.4. The van der Waals surface area contributed by atoms with Gasteiger partial charge < -0.3 is 9.42 Å². The third-order valence-electron chi connectivity index (χ3n) is 4.99. The van der Waals surface area contributed by atoms with Crippen LogP contribution in [0.15, 0.2) is 29.0 Å². The summed E-state index contributed by atoms with van der Waals surface area (Å²) < 4.78 is 33.1. The first-order valence-corrected chi connectivity index (χ1v) is 10.6. The molecule has 0 aromatic carbocycles. The molecule has 0 unspecified atom stereocenters. The zero-order valence-electron chi connectivity index (χ0n) is 14.6. The molecule has 0 bridgehead atoms. The van der Waals surface area contributed by atoms with Gasteiger partial charge in [-0.25, -0.2) is 8.42 Å². The molecule has 0 spiro atoms. The maximum absolute atomic E-state index is 12.6. The fourth-order valence-corrected chi connectivity index (χ4v) is 4.77. The molecule has 2 fully saturated rings. The summed E-state index contributed by atoms with van der Waals surface area (Å²) >= 11 is 0. The van der Waals surface area contributed by atoms with Gasteiger partial charge in [-0.05, 0) is 25.0 Å². The van der Waals surface area contributed by atoms with E-state index in [9.17, 15) is 8.42 Å². The minimum Gasteiger partial charge on any atom is -0.364 e. The van der Waals surface area contributed by atoms with Gasteiger partial charge in [0.15, 0.2) is 11.5 Å². The highest BCUT2D eigenvalue weighted by Gasteiger charge is 2.31. The van der Waals surface area contributed by atoms with E-state index in [-0.39, 0.29) is 5.75 Å². The van der Waals surface area contributed by atoms with Crippen molar-refractivity contribution in [1.29, 1.82) is 0 Å². The molecule has 1 aliphatic carbocycles. The minimum absolute atomic E-state index is 0.140. The summed E-state index contributed by atoms with van der Waals surface area (Å²) in [6.45, 7) is 1.99. The number of rotatable bonds is 5. The molecule has 142 valence electrons. The first kappa shape index (κ1) is 16.6. The lowest BCUT2D eigenvalue weighted by atomic mass is 10.3. The van der Waals surface area contributed by atoms with Gasteiger partial charge in [-0.1, -0.05) is 5.16 Å². The molecule has 5 rings (SSSR count). The summed E-state index contributed by atoms with van der Waals surface area (Å²) in [6.07, 6.45) is 3.65. The molecule has 3 aromatic rings. The first-order chi connectivity index (χ1) is 13.1. The topological polar surface area (TPSA) is 110 Å². The van der Waals surface area contributed by atoms with Crippen LogP contribution in [0.3, 0.4) is 0 Å². The first-order valence-electron chi connectivity index (χ1n) is 8.94. The van der Waals surface area contributed by atoms with Gasteiger partial charge in [0.1, 0.15) is 17.8 Å². The van der Waals surface area contributed by atoms with Crippen LogP contribution in [0.5, 0.6) is 0 Å². The standard InChI is InChI=1S/C16H19N7O3S/c24-27(25,11-13-5-10-26-20-13)22-8-6-21(7-9-22)15-4-3-14-17-18-16(12-1-2-12)23(14)19-15/h3-5,10,12H,1-2,6-9,11H2. The molecule has 3 aromatic heterocycles. The Morgan fingerprint density at radius 3 is 2.59 bits per heavy atom. The predicted octanol–water partition coefficient (Wildman–Crippen LogP) is 0.642. The molecule has 10 nitrogen and oxygen atoms in total. The molecule has 1 saturated carbocycles. The number of nitrogens with zero attached hydrogens (tertiary/aromatic N) is 7. The Hall–Kier alpha value is -2.53. The normalized spacial score (nSPS) is 19.0. The summed E-state index contributed by atoms with van der Waals surface area (Å²) in [5.41, 5.74) is 1.17. The average Bonchev–Trinajstić information content (AvgIpc) is 3.23. The Balaban J connectivity index is 1.30. The largest absolute Gasteiger partial charge is 0.364 e. The van der Waals surface area contributed by atoms with Gasteiger partial charge in [0.25, 0.3) is 0 Å². The molecular formula is C16H19N7O3S. The van der Waals surface area contributed by atoms with Crippen molar-refractivity contribution in [3.63, 3.8) is 0 Å². The Morgan fingerprint density at radius 2 is 1.89 bits per heavy atom. The number of fused-ring (bicyclic) bond motifs is 1. The highest BCUT2D eigenvalue weighted by atomic mass is 32.2. The van der Waals surface area contributed by atoms with E-state index < -0.39 is 10.0 Å². The maximum atomic E-state index is 12.6.